The Hall–Kier alpha value is -1.46. The topological polar surface area (TPSA) is 55.6 Å². The second kappa shape index (κ2) is 5.27. The minimum Gasteiger partial charge on any atom is -0.303 e. The minimum absolute atomic E-state index is 0.322. The first-order valence-electron chi connectivity index (χ1n) is 6.22. The summed E-state index contributed by atoms with van der Waals surface area (Å²) in [6, 6.07) is 7.78. The second-order valence-corrected chi connectivity index (χ2v) is 5.75. The Bertz CT molecular complexity index is 544. The Balaban J connectivity index is 2.39. The van der Waals surface area contributed by atoms with Crippen LogP contribution in [0.1, 0.15) is 33.5 Å². The van der Waals surface area contributed by atoms with Crippen molar-refractivity contribution >= 4 is 11.6 Å². The molecule has 0 radical (unpaired) electrons. The maximum atomic E-state index is 5.90. The van der Waals surface area contributed by atoms with Crippen molar-refractivity contribution < 1.29 is 0 Å². The lowest BCUT2D eigenvalue weighted by atomic mass is 10.0. The van der Waals surface area contributed by atoms with E-state index >= 15 is 0 Å². The molecule has 0 spiro atoms. The van der Waals surface area contributed by atoms with Crippen molar-refractivity contribution in [3.63, 3.8) is 0 Å². The number of aromatic nitrogens is 4. The number of nitrogens with zero attached hydrogens (tertiary/aromatic N) is 4. The highest BCUT2D eigenvalue weighted by molar-refractivity contribution is 6.30. The van der Waals surface area contributed by atoms with E-state index in [1.807, 2.05) is 24.3 Å². The number of tetrazole rings is 1. The molecular formula is C13H18ClN5. The molecule has 0 saturated carbocycles. The molecule has 0 unspecified atom stereocenters. The number of nitrogens with one attached hydrogen (secondary N) is 1. The van der Waals surface area contributed by atoms with Crippen LogP contribution in [-0.2, 0) is 5.54 Å². The molecule has 2 rings (SSSR count). The van der Waals surface area contributed by atoms with Crippen molar-refractivity contribution in [3.8, 4) is 5.69 Å². The van der Waals surface area contributed by atoms with Crippen molar-refractivity contribution in [2.24, 2.45) is 0 Å². The highest BCUT2D eigenvalue weighted by Crippen LogP contribution is 2.21. The van der Waals surface area contributed by atoms with Crippen LogP contribution in [0, 0.1) is 0 Å². The van der Waals surface area contributed by atoms with Gasteiger partial charge in [-0.05, 0) is 62.4 Å². The van der Waals surface area contributed by atoms with Crippen LogP contribution in [0.4, 0.5) is 0 Å². The molecule has 102 valence electrons. The smallest absolute Gasteiger partial charge is 0.176 e. The van der Waals surface area contributed by atoms with Crippen molar-refractivity contribution in [2.45, 2.75) is 39.3 Å². The van der Waals surface area contributed by atoms with Gasteiger partial charge in [0.25, 0.3) is 0 Å². The molecule has 0 fully saturated rings. The van der Waals surface area contributed by atoms with Crippen LogP contribution in [0.25, 0.3) is 5.69 Å². The number of rotatable bonds is 4. The lowest BCUT2D eigenvalue weighted by molar-refractivity contribution is 0.340. The van der Waals surface area contributed by atoms with Gasteiger partial charge in [0.05, 0.1) is 11.2 Å². The summed E-state index contributed by atoms with van der Waals surface area (Å²) < 4.78 is 1.73. The zero-order chi connectivity index (χ0) is 14.0. The first kappa shape index (κ1) is 14.0. The van der Waals surface area contributed by atoms with Crippen LogP contribution >= 0.6 is 11.6 Å². The molecule has 0 bridgehead atoms. The molecule has 1 aromatic heterocycles. The van der Waals surface area contributed by atoms with Crippen molar-refractivity contribution in [2.75, 3.05) is 0 Å². The van der Waals surface area contributed by atoms with Gasteiger partial charge < -0.3 is 5.32 Å². The molecule has 0 aliphatic heterocycles. The van der Waals surface area contributed by atoms with Gasteiger partial charge in [0.2, 0.25) is 0 Å². The van der Waals surface area contributed by atoms with E-state index in [0.717, 1.165) is 11.5 Å². The minimum atomic E-state index is -0.322. The van der Waals surface area contributed by atoms with Gasteiger partial charge in [0.15, 0.2) is 5.82 Å². The van der Waals surface area contributed by atoms with Gasteiger partial charge in [-0.15, -0.1) is 5.10 Å². The quantitative estimate of drug-likeness (QED) is 0.934. The first-order valence-corrected chi connectivity index (χ1v) is 6.60. The van der Waals surface area contributed by atoms with Crippen molar-refractivity contribution in [3.05, 3.63) is 35.1 Å². The van der Waals surface area contributed by atoms with E-state index in [1.165, 1.54) is 0 Å². The molecule has 0 aliphatic carbocycles. The van der Waals surface area contributed by atoms with Gasteiger partial charge in [0.1, 0.15) is 0 Å². The van der Waals surface area contributed by atoms with E-state index in [1.54, 1.807) is 4.68 Å². The Kier molecular flexibility index (Phi) is 3.87. The summed E-state index contributed by atoms with van der Waals surface area (Å²) in [4.78, 5) is 0. The lowest BCUT2D eigenvalue weighted by Gasteiger charge is -2.27. The number of benzene rings is 1. The van der Waals surface area contributed by atoms with E-state index in [0.29, 0.717) is 11.1 Å². The lowest BCUT2D eigenvalue weighted by Crippen LogP contribution is -2.43. The largest absolute Gasteiger partial charge is 0.303 e. The van der Waals surface area contributed by atoms with Gasteiger partial charge in [-0.25, -0.2) is 0 Å². The Morgan fingerprint density at radius 3 is 2.42 bits per heavy atom. The molecule has 0 atom stereocenters. The van der Waals surface area contributed by atoms with Crippen LogP contribution in [-0.4, -0.2) is 26.2 Å². The van der Waals surface area contributed by atoms with Gasteiger partial charge in [-0.3, -0.25) is 0 Å². The normalized spacial score (nSPS) is 12.1. The molecule has 1 heterocycles. The number of hydrogen-bond acceptors (Lipinski definition) is 4. The first-order chi connectivity index (χ1) is 8.90. The average Bonchev–Trinajstić information content (AvgIpc) is 2.78. The van der Waals surface area contributed by atoms with Gasteiger partial charge in [-0.1, -0.05) is 11.6 Å². The standard InChI is InChI=1S/C13H18ClN5/c1-9(2)15-13(3,4)12-16-17-18-19(12)11-7-5-10(14)6-8-11/h5-9,15H,1-4H3. The van der Waals surface area contributed by atoms with Gasteiger partial charge in [0, 0.05) is 11.1 Å². The molecule has 0 aliphatic rings. The molecule has 1 N–H and O–H groups in total. The summed E-state index contributed by atoms with van der Waals surface area (Å²) in [6.07, 6.45) is 0. The highest BCUT2D eigenvalue weighted by Gasteiger charge is 2.28. The average molecular weight is 280 g/mol. The van der Waals surface area contributed by atoms with E-state index in [2.05, 4.69) is 48.5 Å². The fraction of sp³-hybridized carbons (Fsp3) is 0.462. The monoisotopic (exact) mass is 279 g/mol. The predicted octanol–water partition coefficient (Wildman–Crippen LogP) is 2.55. The summed E-state index contributed by atoms with van der Waals surface area (Å²) in [5.41, 5.74) is 0.570. The molecule has 0 saturated heterocycles. The third-order valence-electron chi connectivity index (χ3n) is 2.75. The number of halogens is 1. The molecule has 1 aromatic carbocycles. The number of hydrogen-bond donors (Lipinski definition) is 1. The molecule has 0 amide bonds. The summed E-state index contributed by atoms with van der Waals surface area (Å²) in [6.45, 7) is 8.31. The van der Waals surface area contributed by atoms with Gasteiger partial charge in [-0.2, -0.15) is 4.68 Å². The van der Waals surface area contributed by atoms with Crippen molar-refractivity contribution in [1.82, 2.24) is 25.5 Å². The molecule has 6 heteroatoms. The third-order valence-corrected chi connectivity index (χ3v) is 3.00. The van der Waals surface area contributed by atoms with Crippen molar-refractivity contribution in [1.29, 1.82) is 0 Å². The van der Waals surface area contributed by atoms with Crippen LogP contribution < -0.4 is 5.32 Å². The zero-order valence-corrected chi connectivity index (χ0v) is 12.3. The maximum absolute atomic E-state index is 5.90. The summed E-state index contributed by atoms with van der Waals surface area (Å²) >= 11 is 5.90. The Morgan fingerprint density at radius 1 is 1.21 bits per heavy atom. The van der Waals surface area contributed by atoms with Crippen LogP contribution in [0.2, 0.25) is 5.02 Å². The molecule has 2 aromatic rings. The second-order valence-electron chi connectivity index (χ2n) is 5.31. The fourth-order valence-corrected chi connectivity index (χ4v) is 2.25. The molecule has 19 heavy (non-hydrogen) atoms. The molecular weight excluding hydrogens is 262 g/mol. The Labute approximate surface area is 118 Å². The predicted molar refractivity (Wildman–Crippen MR) is 75.5 cm³/mol. The van der Waals surface area contributed by atoms with Crippen LogP contribution in [0.3, 0.4) is 0 Å². The van der Waals surface area contributed by atoms with E-state index in [9.17, 15) is 0 Å². The Morgan fingerprint density at radius 2 is 1.84 bits per heavy atom. The van der Waals surface area contributed by atoms with Crippen LogP contribution in [0.15, 0.2) is 24.3 Å². The van der Waals surface area contributed by atoms with Crippen LogP contribution in [0.5, 0.6) is 0 Å². The fourth-order valence-electron chi connectivity index (χ4n) is 2.12. The molecule has 5 nitrogen and oxygen atoms in total. The zero-order valence-electron chi connectivity index (χ0n) is 11.6. The van der Waals surface area contributed by atoms with E-state index in [4.69, 9.17) is 11.6 Å². The summed E-state index contributed by atoms with van der Waals surface area (Å²) in [7, 11) is 0. The maximum Gasteiger partial charge on any atom is 0.176 e. The van der Waals surface area contributed by atoms with E-state index < -0.39 is 0 Å². The SMILES string of the molecule is CC(C)NC(C)(C)c1nnnn1-c1ccc(Cl)cc1. The highest BCUT2D eigenvalue weighted by atomic mass is 35.5. The van der Waals surface area contributed by atoms with Gasteiger partial charge >= 0.3 is 0 Å². The summed E-state index contributed by atoms with van der Waals surface area (Å²) in [5, 5.41) is 16.1. The summed E-state index contributed by atoms with van der Waals surface area (Å²) in [5.74, 6) is 0.767. The third kappa shape index (κ3) is 3.11. The van der Waals surface area contributed by atoms with E-state index in [-0.39, 0.29) is 5.54 Å².